The highest BCUT2D eigenvalue weighted by Crippen LogP contribution is 2.29. The summed E-state index contributed by atoms with van der Waals surface area (Å²) in [7, 11) is 3.50. The largest absolute Gasteiger partial charge is 0.497 e. The fourth-order valence-corrected chi connectivity index (χ4v) is 4.03. The topological polar surface area (TPSA) is 111 Å². The van der Waals surface area contributed by atoms with Crippen LogP contribution in [0.15, 0.2) is 85.1 Å². The zero-order chi connectivity index (χ0) is 26.9. The predicted molar refractivity (Wildman–Crippen MR) is 145 cm³/mol. The lowest BCUT2D eigenvalue weighted by Crippen LogP contribution is -2.42. The number of ether oxygens (including phenoxy) is 2. The van der Waals surface area contributed by atoms with Crippen LogP contribution in [-0.2, 0) is 32.8 Å². The number of nitrogens with zero attached hydrogens (tertiary/aromatic N) is 1. The molecule has 4 rings (SSSR count). The van der Waals surface area contributed by atoms with E-state index in [0.717, 1.165) is 22.0 Å². The van der Waals surface area contributed by atoms with E-state index in [9.17, 15) is 14.4 Å². The number of hydrogen-bond acceptors (Lipinski definition) is 6. The molecule has 0 fully saturated rings. The molecular formula is C29H30N4O5. The maximum atomic E-state index is 13.3. The van der Waals surface area contributed by atoms with Crippen LogP contribution >= 0.6 is 0 Å². The fraction of sp³-hybridized carbons (Fsp3) is 0.207. The van der Waals surface area contributed by atoms with Crippen molar-refractivity contribution < 1.29 is 23.9 Å². The van der Waals surface area contributed by atoms with Crippen molar-refractivity contribution in [3.05, 3.63) is 96.2 Å². The van der Waals surface area contributed by atoms with Crippen LogP contribution in [0.25, 0.3) is 10.9 Å². The van der Waals surface area contributed by atoms with E-state index in [1.54, 1.807) is 19.2 Å². The van der Waals surface area contributed by atoms with Crippen molar-refractivity contribution in [1.29, 1.82) is 0 Å². The Morgan fingerprint density at radius 3 is 2.32 bits per heavy atom. The predicted octanol–water partition coefficient (Wildman–Crippen LogP) is 3.32. The van der Waals surface area contributed by atoms with Crippen LogP contribution in [-0.4, -0.2) is 42.6 Å². The first-order valence-corrected chi connectivity index (χ1v) is 12.1. The Morgan fingerprint density at radius 2 is 1.58 bits per heavy atom. The van der Waals surface area contributed by atoms with E-state index in [-0.39, 0.29) is 25.6 Å². The smallest absolute Gasteiger partial charge is 0.325 e. The number of rotatable bonds is 11. The number of aryl methyl sites for hydroxylation is 1. The van der Waals surface area contributed by atoms with E-state index >= 15 is 0 Å². The highest BCUT2D eigenvalue weighted by molar-refractivity contribution is 5.95. The van der Waals surface area contributed by atoms with Gasteiger partial charge in [-0.05, 0) is 35.9 Å². The molecule has 0 saturated heterocycles. The minimum absolute atomic E-state index is 0.121. The van der Waals surface area contributed by atoms with Crippen molar-refractivity contribution in [1.82, 2.24) is 15.2 Å². The van der Waals surface area contributed by atoms with Gasteiger partial charge in [0.05, 0.1) is 13.7 Å². The van der Waals surface area contributed by atoms with Gasteiger partial charge in [0.25, 0.3) is 0 Å². The van der Waals surface area contributed by atoms with Crippen LogP contribution in [0.3, 0.4) is 0 Å². The van der Waals surface area contributed by atoms with Crippen LogP contribution in [0.1, 0.15) is 17.2 Å². The third-order valence-electron chi connectivity index (χ3n) is 6.00. The van der Waals surface area contributed by atoms with Crippen LogP contribution < -0.4 is 20.7 Å². The van der Waals surface area contributed by atoms with Gasteiger partial charge in [-0.25, -0.2) is 0 Å². The Morgan fingerprint density at radius 1 is 0.868 bits per heavy atom. The average molecular weight is 515 g/mol. The molecule has 0 spiro atoms. The summed E-state index contributed by atoms with van der Waals surface area (Å²) in [5, 5.41) is 9.35. The first kappa shape index (κ1) is 26.3. The molecule has 3 aromatic carbocycles. The number of fused-ring (bicyclic) bond motifs is 1. The highest BCUT2D eigenvalue weighted by atomic mass is 16.5. The quantitative estimate of drug-likeness (QED) is 0.265. The van der Waals surface area contributed by atoms with Crippen molar-refractivity contribution in [3.63, 3.8) is 0 Å². The third-order valence-corrected chi connectivity index (χ3v) is 6.00. The van der Waals surface area contributed by atoms with Crippen molar-refractivity contribution >= 4 is 34.4 Å². The van der Waals surface area contributed by atoms with Crippen LogP contribution in [0, 0.1) is 0 Å². The standard InChI is InChI=1S/C29H30N4O5/c1-33-18-24(23-10-6-7-11-25(23)33)28(32-21-12-14-22(37-2)15-13-21)29(36)31-16-26(34)30-17-27(35)38-19-20-8-4-3-5-9-20/h3-15,18,28,32H,16-17,19H2,1-2H3,(H,30,34)(H,31,36)/t28-/m1/s1. The molecule has 9 heteroatoms. The minimum Gasteiger partial charge on any atom is -0.497 e. The minimum atomic E-state index is -0.780. The molecule has 4 aromatic rings. The molecule has 196 valence electrons. The lowest BCUT2D eigenvalue weighted by Gasteiger charge is -2.19. The normalized spacial score (nSPS) is 11.4. The molecule has 0 unspecified atom stereocenters. The Balaban J connectivity index is 1.39. The van der Waals surface area contributed by atoms with Gasteiger partial charge in [0, 0.05) is 35.4 Å². The number of carbonyl (C=O) groups excluding carboxylic acids is 3. The van der Waals surface area contributed by atoms with Crippen molar-refractivity contribution in [2.24, 2.45) is 7.05 Å². The first-order valence-electron chi connectivity index (χ1n) is 12.1. The van der Waals surface area contributed by atoms with Crippen molar-refractivity contribution in [2.45, 2.75) is 12.6 Å². The summed E-state index contributed by atoms with van der Waals surface area (Å²) >= 11 is 0. The summed E-state index contributed by atoms with van der Waals surface area (Å²) < 4.78 is 12.3. The fourth-order valence-electron chi connectivity index (χ4n) is 4.03. The van der Waals surface area contributed by atoms with Gasteiger partial charge in [0.2, 0.25) is 11.8 Å². The van der Waals surface area contributed by atoms with Gasteiger partial charge in [-0.15, -0.1) is 0 Å². The van der Waals surface area contributed by atoms with Gasteiger partial charge in [0.15, 0.2) is 0 Å². The number of carbonyl (C=O) groups is 3. The summed E-state index contributed by atoms with van der Waals surface area (Å²) in [4.78, 5) is 37.7. The Bertz CT molecular complexity index is 1400. The summed E-state index contributed by atoms with van der Waals surface area (Å²) in [6.07, 6.45) is 1.90. The Labute approximate surface area is 220 Å². The number of anilines is 1. The first-order chi connectivity index (χ1) is 18.4. The van der Waals surface area contributed by atoms with E-state index in [1.165, 1.54) is 0 Å². The van der Waals surface area contributed by atoms with Crippen LogP contribution in [0.5, 0.6) is 5.75 Å². The molecule has 1 atom stereocenters. The molecule has 9 nitrogen and oxygen atoms in total. The molecule has 0 radical (unpaired) electrons. The van der Waals surface area contributed by atoms with E-state index in [1.807, 2.05) is 84.5 Å². The van der Waals surface area contributed by atoms with Crippen LogP contribution in [0.2, 0.25) is 0 Å². The third kappa shape index (κ3) is 6.70. The number of aromatic nitrogens is 1. The summed E-state index contributed by atoms with van der Waals surface area (Å²) in [5.41, 5.74) is 3.30. The molecule has 0 aliphatic rings. The molecule has 1 heterocycles. The van der Waals surface area contributed by atoms with E-state index in [2.05, 4.69) is 16.0 Å². The lowest BCUT2D eigenvalue weighted by molar-refractivity contribution is -0.145. The van der Waals surface area contributed by atoms with Gasteiger partial charge in [-0.3, -0.25) is 14.4 Å². The summed E-state index contributed by atoms with van der Waals surface area (Å²) in [5.74, 6) is -0.765. The van der Waals surface area contributed by atoms with Gasteiger partial charge >= 0.3 is 5.97 Å². The number of methoxy groups -OCH3 is 1. The lowest BCUT2D eigenvalue weighted by atomic mass is 10.0. The van der Waals surface area contributed by atoms with Gasteiger partial charge in [-0.2, -0.15) is 0 Å². The molecule has 1 aromatic heterocycles. The number of para-hydroxylation sites is 1. The highest BCUT2D eigenvalue weighted by Gasteiger charge is 2.25. The molecule has 0 bridgehead atoms. The monoisotopic (exact) mass is 514 g/mol. The zero-order valence-corrected chi connectivity index (χ0v) is 21.3. The molecule has 0 aliphatic carbocycles. The number of hydrogen-bond donors (Lipinski definition) is 3. The molecule has 0 aliphatic heterocycles. The SMILES string of the molecule is COc1ccc(N[C@@H](C(=O)NCC(=O)NCC(=O)OCc2ccccc2)c2cn(C)c3ccccc23)cc1. The second-order valence-electron chi connectivity index (χ2n) is 8.66. The van der Waals surface area contributed by atoms with E-state index in [0.29, 0.717) is 11.4 Å². The molecular weight excluding hydrogens is 484 g/mol. The number of esters is 1. The average Bonchev–Trinajstić information content (AvgIpc) is 3.29. The maximum absolute atomic E-state index is 13.3. The maximum Gasteiger partial charge on any atom is 0.325 e. The van der Waals surface area contributed by atoms with Crippen molar-refractivity contribution in [2.75, 3.05) is 25.5 Å². The molecule has 0 saturated carbocycles. The van der Waals surface area contributed by atoms with Gasteiger partial charge < -0.3 is 30.0 Å². The summed E-state index contributed by atoms with van der Waals surface area (Å²) in [6.45, 7) is -0.467. The molecule has 3 N–H and O–H groups in total. The number of benzene rings is 3. The molecule has 2 amide bonds. The Kier molecular flexibility index (Phi) is 8.61. The van der Waals surface area contributed by atoms with Crippen molar-refractivity contribution in [3.8, 4) is 5.75 Å². The number of nitrogens with one attached hydrogen (secondary N) is 3. The van der Waals surface area contributed by atoms with E-state index in [4.69, 9.17) is 9.47 Å². The molecule has 38 heavy (non-hydrogen) atoms. The second kappa shape index (κ2) is 12.4. The Hall–Kier alpha value is -4.79. The van der Waals surface area contributed by atoms with Crippen LogP contribution in [0.4, 0.5) is 5.69 Å². The summed E-state index contributed by atoms with van der Waals surface area (Å²) in [6, 6.07) is 23.5. The number of amides is 2. The zero-order valence-electron chi connectivity index (χ0n) is 21.3. The second-order valence-corrected chi connectivity index (χ2v) is 8.66. The van der Waals surface area contributed by atoms with Gasteiger partial charge in [-0.1, -0.05) is 48.5 Å². The van der Waals surface area contributed by atoms with Gasteiger partial charge in [0.1, 0.15) is 24.9 Å². The van der Waals surface area contributed by atoms with E-state index < -0.39 is 17.9 Å².